The van der Waals surface area contributed by atoms with Crippen molar-refractivity contribution in [2.45, 2.75) is 12.8 Å². The Morgan fingerprint density at radius 2 is 2.00 bits per heavy atom. The Bertz CT molecular complexity index is 353. The first-order valence-electron chi connectivity index (χ1n) is 5.35. The summed E-state index contributed by atoms with van der Waals surface area (Å²) >= 11 is 0. The number of halogens is 1. The number of hydrogen-bond donors (Lipinski definition) is 0. The van der Waals surface area contributed by atoms with Crippen LogP contribution in [-0.2, 0) is 6.42 Å². The van der Waals surface area contributed by atoms with E-state index in [0.29, 0.717) is 0 Å². The quantitative estimate of drug-likeness (QED) is 0.671. The Balaban J connectivity index is 2.00. The van der Waals surface area contributed by atoms with Crippen LogP contribution < -0.4 is 0 Å². The molecule has 80 valence electrons. The van der Waals surface area contributed by atoms with Gasteiger partial charge in [0.15, 0.2) is 0 Å². The molecular weight excluding hydrogens is 189 g/mol. The summed E-state index contributed by atoms with van der Waals surface area (Å²) in [4.78, 5) is 2.30. The van der Waals surface area contributed by atoms with Crippen LogP contribution in [0.15, 0.2) is 35.9 Å². The van der Waals surface area contributed by atoms with Crippen LogP contribution in [0, 0.1) is 5.82 Å². The minimum absolute atomic E-state index is 0.156. The van der Waals surface area contributed by atoms with Crippen LogP contribution >= 0.6 is 0 Å². The summed E-state index contributed by atoms with van der Waals surface area (Å²) in [5.74, 6) is -0.156. The Morgan fingerprint density at radius 1 is 1.27 bits per heavy atom. The molecular formula is C13H16FN. The lowest BCUT2D eigenvalue weighted by Crippen LogP contribution is -2.24. The van der Waals surface area contributed by atoms with Crippen LogP contribution in [0.3, 0.4) is 0 Å². The summed E-state index contributed by atoms with van der Waals surface area (Å²) in [5, 5.41) is 0. The monoisotopic (exact) mass is 205 g/mol. The number of nitrogens with zero attached hydrogens (tertiary/aromatic N) is 1. The Morgan fingerprint density at radius 3 is 2.60 bits per heavy atom. The van der Waals surface area contributed by atoms with Crippen LogP contribution in [0.2, 0.25) is 0 Å². The summed E-state index contributed by atoms with van der Waals surface area (Å²) in [6.07, 6.45) is 4.38. The largest absolute Gasteiger partial charge is 0.302 e. The highest BCUT2D eigenvalue weighted by atomic mass is 19.1. The molecule has 0 atom stereocenters. The van der Waals surface area contributed by atoms with Crippen LogP contribution in [0.4, 0.5) is 4.39 Å². The summed E-state index contributed by atoms with van der Waals surface area (Å²) < 4.78 is 12.7. The molecule has 0 bridgehead atoms. The molecule has 2 heteroatoms. The van der Waals surface area contributed by atoms with Crippen molar-refractivity contribution < 1.29 is 4.39 Å². The van der Waals surface area contributed by atoms with Crippen LogP contribution in [0.5, 0.6) is 0 Å². The van der Waals surface area contributed by atoms with Crippen molar-refractivity contribution >= 4 is 0 Å². The van der Waals surface area contributed by atoms with Crippen molar-refractivity contribution in [3.8, 4) is 0 Å². The first kappa shape index (κ1) is 10.4. The number of rotatable bonds is 2. The van der Waals surface area contributed by atoms with Gasteiger partial charge in [-0.05, 0) is 37.6 Å². The lowest BCUT2D eigenvalue weighted by Gasteiger charge is -2.21. The third-order valence-corrected chi connectivity index (χ3v) is 2.85. The molecule has 0 saturated heterocycles. The van der Waals surface area contributed by atoms with Gasteiger partial charge in [-0.15, -0.1) is 0 Å². The maximum Gasteiger partial charge on any atom is 0.123 e. The van der Waals surface area contributed by atoms with E-state index in [1.807, 2.05) is 12.1 Å². The fraction of sp³-hybridized carbons (Fsp3) is 0.385. The lowest BCUT2D eigenvalue weighted by atomic mass is 10.00. The fourth-order valence-electron chi connectivity index (χ4n) is 1.84. The maximum absolute atomic E-state index is 12.7. The Hall–Kier alpha value is -1.15. The van der Waals surface area contributed by atoms with Gasteiger partial charge in [-0.3, -0.25) is 0 Å². The SMILES string of the molecule is CN1CC=C(Cc2ccc(F)cc2)CC1. The maximum atomic E-state index is 12.7. The van der Waals surface area contributed by atoms with Gasteiger partial charge in [0.05, 0.1) is 0 Å². The van der Waals surface area contributed by atoms with E-state index in [2.05, 4.69) is 18.0 Å². The van der Waals surface area contributed by atoms with Gasteiger partial charge in [-0.1, -0.05) is 23.8 Å². The molecule has 1 aromatic rings. The van der Waals surface area contributed by atoms with Crippen molar-refractivity contribution in [2.24, 2.45) is 0 Å². The molecule has 0 aliphatic carbocycles. The van der Waals surface area contributed by atoms with Crippen molar-refractivity contribution in [1.29, 1.82) is 0 Å². The van der Waals surface area contributed by atoms with Crippen molar-refractivity contribution in [2.75, 3.05) is 20.1 Å². The smallest absolute Gasteiger partial charge is 0.123 e. The zero-order valence-electron chi connectivity index (χ0n) is 9.04. The molecule has 1 aliphatic rings. The van der Waals surface area contributed by atoms with Crippen molar-refractivity contribution in [3.05, 3.63) is 47.3 Å². The standard InChI is InChI=1S/C13H16FN/c1-15-8-6-12(7-9-15)10-11-2-4-13(14)5-3-11/h2-6H,7-10H2,1H3. The Kier molecular flexibility index (Phi) is 3.17. The minimum Gasteiger partial charge on any atom is -0.302 e. The van der Waals surface area contributed by atoms with Gasteiger partial charge in [0.25, 0.3) is 0 Å². The van der Waals surface area contributed by atoms with Crippen LogP contribution in [0.1, 0.15) is 12.0 Å². The Labute approximate surface area is 90.2 Å². The molecule has 0 N–H and O–H groups in total. The molecule has 2 rings (SSSR count). The molecule has 0 spiro atoms. The highest BCUT2D eigenvalue weighted by Gasteiger charge is 2.07. The number of benzene rings is 1. The molecule has 1 heterocycles. The van der Waals surface area contributed by atoms with Gasteiger partial charge < -0.3 is 4.90 Å². The van der Waals surface area contributed by atoms with E-state index in [1.165, 1.54) is 23.3 Å². The van der Waals surface area contributed by atoms with E-state index in [0.717, 1.165) is 25.9 Å². The fourth-order valence-corrected chi connectivity index (χ4v) is 1.84. The predicted octanol–water partition coefficient (Wildman–Crippen LogP) is 2.63. The van der Waals surface area contributed by atoms with Gasteiger partial charge in [0, 0.05) is 13.1 Å². The lowest BCUT2D eigenvalue weighted by molar-refractivity contribution is 0.357. The summed E-state index contributed by atoms with van der Waals surface area (Å²) in [5.41, 5.74) is 2.67. The third-order valence-electron chi connectivity index (χ3n) is 2.85. The normalized spacial score (nSPS) is 17.6. The van der Waals surface area contributed by atoms with Gasteiger partial charge in [-0.2, -0.15) is 0 Å². The molecule has 0 saturated carbocycles. The number of hydrogen-bond acceptors (Lipinski definition) is 1. The minimum atomic E-state index is -0.156. The number of likely N-dealkylation sites (N-methyl/N-ethyl adjacent to an activating group) is 1. The molecule has 15 heavy (non-hydrogen) atoms. The van der Waals surface area contributed by atoms with Crippen molar-refractivity contribution in [3.63, 3.8) is 0 Å². The molecule has 1 aromatic carbocycles. The van der Waals surface area contributed by atoms with E-state index in [1.54, 1.807) is 0 Å². The molecule has 0 aromatic heterocycles. The van der Waals surface area contributed by atoms with Crippen LogP contribution in [-0.4, -0.2) is 25.0 Å². The zero-order valence-corrected chi connectivity index (χ0v) is 9.04. The second-order valence-corrected chi connectivity index (χ2v) is 4.18. The van der Waals surface area contributed by atoms with E-state index in [4.69, 9.17) is 0 Å². The van der Waals surface area contributed by atoms with E-state index < -0.39 is 0 Å². The van der Waals surface area contributed by atoms with E-state index in [-0.39, 0.29) is 5.82 Å². The van der Waals surface area contributed by atoms with E-state index in [9.17, 15) is 4.39 Å². The van der Waals surface area contributed by atoms with Gasteiger partial charge in [0.1, 0.15) is 5.82 Å². The highest BCUT2D eigenvalue weighted by molar-refractivity contribution is 5.23. The first-order chi connectivity index (χ1) is 7.24. The second-order valence-electron chi connectivity index (χ2n) is 4.18. The zero-order chi connectivity index (χ0) is 10.7. The van der Waals surface area contributed by atoms with Crippen LogP contribution in [0.25, 0.3) is 0 Å². The molecule has 0 fully saturated rings. The summed E-state index contributed by atoms with van der Waals surface area (Å²) in [7, 11) is 2.13. The average Bonchev–Trinajstić information content (AvgIpc) is 2.25. The molecule has 0 radical (unpaired) electrons. The van der Waals surface area contributed by atoms with Crippen molar-refractivity contribution in [1.82, 2.24) is 4.90 Å². The second kappa shape index (κ2) is 4.58. The van der Waals surface area contributed by atoms with Gasteiger partial charge in [-0.25, -0.2) is 4.39 Å². The summed E-state index contributed by atoms with van der Waals surface area (Å²) in [6.45, 7) is 2.17. The molecule has 0 unspecified atom stereocenters. The third kappa shape index (κ3) is 2.90. The molecule has 0 amide bonds. The molecule has 1 nitrogen and oxygen atoms in total. The average molecular weight is 205 g/mol. The van der Waals surface area contributed by atoms with Gasteiger partial charge >= 0.3 is 0 Å². The van der Waals surface area contributed by atoms with Gasteiger partial charge in [0.2, 0.25) is 0 Å². The molecule has 1 aliphatic heterocycles. The van der Waals surface area contributed by atoms with E-state index >= 15 is 0 Å². The summed E-state index contributed by atoms with van der Waals surface area (Å²) in [6, 6.07) is 6.80. The highest BCUT2D eigenvalue weighted by Crippen LogP contribution is 2.15. The topological polar surface area (TPSA) is 3.24 Å². The first-order valence-corrected chi connectivity index (χ1v) is 5.35. The predicted molar refractivity (Wildman–Crippen MR) is 60.3 cm³/mol.